The van der Waals surface area contributed by atoms with Gasteiger partial charge in [-0.2, -0.15) is 0 Å². The Morgan fingerprint density at radius 3 is 2.43 bits per heavy atom. The summed E-state index contributed by atoms with van der Waals surface area (Å²) in [5.41, 5.74) is 3.44. The lowest BCUT2D eigenvalue weighted by Crippen LogP contribution is -2.18. The van der Waals surface area contributed by atoms with Crippen molar-refractivity contribution in [3.63, 3.8) is 0 Å². The molecular weight excluding hydrogens is 378 g/mol. The SMILES string of the molecule is COc1ccccc1OCCn1c(NC(=O)c2ccc(C)cc2)nc2ccccc21. The molecule has 0 radical (unpaired) electrons. The third-order valence-corrected chi connectivity index (χ3v) is 4.84. The normalized spacial score (nSPS) is 10.7. The minimum Gasteiger partial charge on any atom is -0.493 e. The number of carbonyl (C=O) groups excluding carboxylic acids is 1. The number of methoxy groups -OCH3 is 1. The molecule has 4 rings (SSSR count). The molecule has 1 amide bonds. The fraction of sp³-hybridized carbons (Fsp3) is 0.167. The van der Waals surface area contributed by atoms with Crippen LogP contribution < -0.4 is 14.8 Å². The van der Waals surface area contributed by atoms with E-state index in [0.29, 0.717) is 36.2 Å². The molecule has 0 unspecified atom stereocenters. The zero-order valence-corrected chi connectivity index (χ0v) is 17.0. The Morgan fingerprint density at radius 2 is 1.67 bits per heavy atom. The molecule has 4 aromatic rings. The highest BCUT2D eigenvalue weighted by Gasteiger charge is 2.14. The number of hydrogen-bond donors (Lipinski definition) is 1. The van der Waals surface area contributed by atoms with Gasteiger partial charge in [-0.1, -0.05) is 42.0 Å². The van der Waals surface area contributed by atoms with Gasteiger partial charge in [0.1, 0.15) is 6.61 Å². The summed E-state index contributed by atoms with van der Waals surface area (Å²) in [5, 5.41) is 2.94. The first kappa shape index (κ1) is 19.5. The van der Waals surface area contributed by atoms with E-state index < -0.39 is 0 Å². The summed E-state index contributed by atoms with van der Waals surface area (Å²) in [4.78, 5) is 17.3. The Morgan fingerprint density at radius 1 is 0.967 bits per heavy atom. The van der Waals surface area contributed by atoms with Crippen molar-refractivity contribution in [2.75, 3.05) is 19.0 Å². The zero-order valence-electron chi connectivity index (χ0n) is 17.0. The first-order valence-electron chi connectivity index (χ1n) is 9.75. The van der Waals surface area contributed by atoms with Crippen LogP contribution in [-0.2, 0) is 6.54 Å². The van der Waals surface area contributed by atoms with E-state index in [1.165, 1.54) is 0 Å². The molecule has 0 aliphatic carbocycles. The largest absolute Gasteiger partial charge is 0.493 e. The van der Waals surface area contributed by atoms with Gasteiger partial charge in [-0.15, -0.1) is 0 Å². The quantitative estimate of drug-likeness (QED) is 0.488. The molecule has 0 bridgehead atoms. The predicted molar refractivity (Wildman–Crippen MR) is 117 cm³/mol. The maximum atomic E-state index is 12.7. The number of carbonyl (C=O) groups is 1. The zero-order chi connectivity index (χ0) is 20.9. The van der Waals surface area contributed by atoms with Crippen LogP contribution in [0.1, 0.15) is 15.9 Å². The number of hydrogen-bond acceptors (Lipinski definition) is 4. The summed E-state index contributed by atoms with van der Waals surface area (Å²) in [5.74, 6) is 1.65. The third-order valence-electron chi connectivity index (χ3n) is 4.84. The minimum atomic E-state index is -0.197. The van der Waals surface area contributed by atoms with Crippen molar-refractivity contribution in [1.82, 2.24) is 9.55 Å². The Hall–Kier alpha value is -3.80. The van der Waals surface area contributed by atoms with Crippen molar-refractivity contribution in [3.8, 4) is 11.5 Å². The number of aromatic nitrogens is 2. The molecule has 3 aromatic carbocycles. The lowest BCUT2D eigenvalue weighted by Gasteiger charge is -2.13. The molecule has 6 nitrogen and oxygen atoms in total. The van der Waals surface area contributed by atoms with Gasteiger partial charge >= 0.3 is 0 Å². The lowest BCUT2D eigenvalue weighted by molar-refractivity contribution is 0.102. The number of rotatable bonds is 7. The van der Waals surface area contributed by atoms with Crippen molar-refractivity contribution in [2.24, 2.45) is 0 Å². The molecule has 1 heterocycles. The summed E-state index contributed by atoms with van der Waals surface area (Å²) in [6.45, 7) is 2.90. The van der Waals surface area contributed by atoms with E-state index in [1.54, 1.807) is 7.11 Å². The lowest BCUT2D eigenvalue weighted by atomic mass is 10.1. The molecule has 0 aliphatic rings. The standard InChI is InChI=1S/C24H23N3O3/c1-17-11-13-18(14-12-17)23(28)26-24-25-19-7-3-4-8-20(19)27(24)15-16-30-22-10-6-5-9-21(22)29-2/h3-14H,15-16H2,1-2H3,(H,25,26,28). The van der Waals surface area contributed by atoms with Gasteiger partial charge < -0.3 is 14.0 Å². The monoisotopic (exact) mass is 401 g/mol. The molecule has 0 saturated heterocycles. The van der Waals surface area contributed by atoms with E-state index in [-0.39, 0.29) is 5.91 Å². The average Bonchev–Trinajstić information content (AvgIpc) is 3.11. The van der Waals surface area contributed by atoms with Crippen molar-refractivity contribution in [2.45, 2.75) is 13.5 Å². The Bertz CT molecular complexity index is 1170. The summed E-state index contributed by atoms with van der Waals surface area (Å²) in [6, 6.07) is 22.7. The van der Waals surface area contributed by atoms with Crippen LogP contribution in [0.2, 0.25) is 0 Å². The van der Waals surface area contributed by atoms with Crippen LogP contribution >= 0.6 is 0 Å². The van der Waals surface area contributed by atoms with E-state index in [9.17, 15) is 4.79 Å². The van der Waals surface area contributed by atoms with Gasteiger partial charge in [0.15, 0.2) is 11.5 Å². The highest BCUT2D eigenvalue weighted by Crippen LogP contribution is 2.26. The summed E-state index contributed by atoms with van der Waals surface area (Å²) >= 11 is 0. The topological polar surface area (TPSA) is 65.4 Å². The first-order valence-corrected chi connectivity index (χ1v) is 9.75. The fourth-order valence-corrected chi connectivity index (χ4v) is 3.26. The molecule has 0 aliphatic heterocycles. The van der Waals surface area contributed by atoms with Crippen LogP contribution in [0.4, 0.5) is 5.95 Å². The number of fused-ring (bicyclic) bond motifs is 1. The molecule has 6 heteroatoms. The molecule has 0 fully saturated rings. The minimum absolute atomic E-state index is 0.197. The van der Waals surface area contributed by atoms with Crippen LogP contribution in [0.15, 0.2) is 72.8 Å². The Balaban J connectivity index is 1.55. The third kappa shape index (κ3) is 4.12. The number of benzene rings is 3. The first-order chi connectivity index (χ1) is 14.7. The van der Waals surface area contributed by atoms with Crippen molar-refractivity contribution < 1.29 is 14.3 Å². The van der Waals surface area contributed by atoms with Gasteiger partial charge in [-0.05, 0) is 43.3 Å². The number of para-hydroxylation sites is 4. The highest BCUT2D eigenvalue weighted by atomic mass is 16.5. The van der Waals surface area contributed by atoms with Gasteiger partial charge in [-0.25, -0.2) is 4.98 Å². The van der Waals surface area contributed by atoms with Crippen molar-refractivity contribution in [1.29, 1.82) is 0 Å². The van der Waals surface area contributed by atoms with Crippen LogP contribution in [0, 0.1) is 6.92 Å². The second-order valence-electron chi connectivity index (χ2n) is 6.90. The number of aryl methyl sites for hydroxylation is 1. The predicted octanol–water partition coefficient (Wildman–Crippen LogP) is 4.68. The number of ether oxygens (including phenoxy) is 2. The van der Waals surface area contributed by atoms with Crippen molar-refractivity contribution >= 4 is 22.9 Å². The van der Waals surface area contributed by atoms with Gasteiger partial charge in [0.25, 0.3) is 5.91 Å². The number of amides is 1. The average molecular weight is 401 g/mol. The molecule has 0 saturated carbocycles. The summed E-state index contributed by atoms with van der Waals surface area (Å²) in [6.07, 6.45) is 0. The molecule has 1 N–H and O–H groups in total. The van der Waals surface area contributed by atoms with Crippen LogP contribution in [0.3, 0.4) is 0 Å². The highest BCUT2D eigenvalue weighted by molar-refractivity contribution is 6.04. The van der Waals surface area contributed by atoms with Crippen LogP contribution in [0.5, 0.6) is 11.5 Å². The smallest absolute Gasteiger partial charge is 0.257 e. The molecule has 152 valence electrons. The van der Waals surface area contributed by atoms with Crippen LogP contribution in [0.25, 0.3) is 11.0 Å². The van der Waals surface area contributed by atoms with Crippen molar-refractivity contribution in [3.05, 3.63) is 83.9 Å². The fourth-order valence-electron chi connectivity index (χ4n) is 3.26. The number of nitrogens with zero attached hydrogens (tertiary/aromatic N) is 2. The second kappa shape index (κ2) is 8.69. The molecule has 30 heavy (non-hydrogen) atoms. The van der Waals surface area contributed by atoms with E-state index in [4.69, 9.17) is 9.47 Å². The number of imidazole rings is 1. The molecule has 1 aromatic heterocycles. The van der Waals surface area contributed by atoms with Crippen LogP contribution in [-0.4, -0.2) is 29.2 Å². The van der Waals surface area contributed by atoms with E-state index >= 15 is 0 Å². The molecule has 0 atom stereocenters. The summed E-state index contributed by atoms with van der Waals surface area (Å²) in [7, 11) is 1.62. The maximum absolute atomic E-state index is 12.7. The van der Waals surface area contributed by atoms with E-state index in [2.05, 4.69) is 10.3 Å². The van der Waals surface area contributed by atoms with Gasteiger partial charge in [0.05, 0.1) is 24.7 Å². The summed E-state index contributed by atoms with van der Waals surface area (Å²) < 4.78 is 13.2. The maximum Gasteiger partial charge on any atom is 0.257 e. The van der Waals surface area contributed by atoms with E-state index in [0.717, 1.165) is 16.6 Å². The molecule has 0 spiro atoms. The molecular formula is C24H23N3O3. The van der Waals surface area contributed by atoms with E-state index in [1.807, 2.05) is 84.3 Å². The Labute approximate surface area is 175 Å². The van der Waals surface area contributed by atoms with Gasteiger partial charge in [-0.3, -0.25) is 10.1 Å². The van der Waals surface area contributed by atoms with Gasteiger partial charge in [0, 0.05) is 5.56 Å². The Kier molecular flexibility index (Phi) is 5.66. The van der Waals surface area contributed by atoms with Gasteiger partial charge in [0.2, 0.25) is 5.95 Å². The second-order valence-corrected chi connectivity index (χ2v) is 6.90. The number of nitrogens with one attached hydrogen (secondary N) is 1. The number of anilines is 1.